The Morgan fingerprint density at radius 3 is 2.67 bits per heavy atom. The number of benzene rings is 1. The maximum Gasteiger partial charge on any atom is 0.328 e. The minimum atomic E-state index is -0.732. The number of ether oxygens (including phenoxy) is 1. The van der Waals surface area contributed by atoms with E-state index in [9.17, 15) is 14.7 Å². The van der Waals surface area contributed by atoms with Crippen LogP contribution >= 0.6 is 15.9 Å². The summed E-state index contributed by atoms with van der Waals surface area (Å²) in [5.74, 6) is -0.689. The van der Waals surface area contributed by atoms with Crippen LogP contribution in [0.3, 0.4) is 0 Å². The summed E-state index contributed by atoms with van der Waals surface area (Å²) < 4.78 is 5.16. The van der Waals surface area contributed by atoms with E-state index in [1.54, 1.807) is 12.1 Å². The van der Waals surface area contributed by atoms with Crippen molar-refractivity contribution in [2.75, 3.05) is 7.11 Å². The van der Waals surface area contributed by atoms with Crippen LogP contribution in [0.4, 0.5) is 0 Å². The topological polar surface area (TPSA) is 75.6 Å². The second-order valence-electron chi connectivity index (χ2n) is 3.77. The highest BCUT2D eigenvalue weighted by molar-refractivity contribution is 9.10. The fraction of sp³-hybridized carbons (Fsp3) is 0.333. The van der Waals surface area contributed by atoms with E-state index in [0.717, 1.165) is 5.56 Å². The van der Waals surface area contributed by atoms with Gasteiger partial charge in [0.15, 0.2) is 0 Å². The third-order valence-corrected chi connectivity index (χ3v) is 2.95. The van der Waals surface area contributed by atoms with Crippen LogP contribution in [0, 0.1) is 0 Å². The van der Waals surface area contributed by atoms with Crippen molar-refractivity contribution in [1.29, 1.82) is 0 Å². The molecule has 18 heavy (non-hydrogen) atoms. The number of nitrogens with one attached hydrogen (secondary N) is 1. The van der Waals surface area contributed by atoms with Crippen molar-refractivity contribution >= 4 is 27.8 Å². The first kappa shape index (κ1) is 14.5. The normalized spacial score (nSPS) is 11.7. The van der Waals surface area contributed by atoms with Gasteiger partial charge in [-0.3, -0.25) is 4.79 Å². The standard InChI is InChI=1S/C12H14BrNO4/c1-7(15)14-10(12(17)18-2)6-8-3-4-11(16)9(13)5-8/h3-5,10,16H,6H2,1-2H3,(H,14,15). The maximum absolute atomic E-state index is 11.5. The molecule has 1 amide bonds. The number of carbonyl (C=O) groups is 2. The maximum atomic E-state index is 11.5. The lowest BCUT2D eigenvalue weighted by molar-refractivity contribution is -0.144. The monoisotopic (exact) mass is 315 g/mol. The molecule has 1 atom stereocenters. The molecule has 1 aromatic carbocycles. The molecule has 0 saturated carbocycles. The molecule has 0 bridgehead atoms. The zero-order valence-electron chi connectivity index (χ0n) is 10.1. The van der Waals surface area contributed by atoms with Gasteiger partial charge in [0.1, 0.15) is 11.8 Å². The third kappa shape index (κ3) is 4.03. The molecular formula is C12H14BrNO4. The summed E-state index contributed by atoms with van der Waals surface area (Å²) in [5, 5.41) is 11.9. The molecule has 0 spiro atoms. The van der Waals surface area contributed by atoms with Gasteiger partial charge < -0.3 is 15.2 Å². The van der Waals surface area contributed by atoms with Crippen LogP contribution in [-0.4, -0.2) is 30.1 Å². The van der Waals surface area contributed by atoms with Gasteiger partial charge in [-0.2, -0.15) is 0 Å². The first-order valence-electron chi connectivity index (χ1n) is 5.26. The van der Waals surface area contributed by atoms with E-state index >= 15 is 0 Å². The van der Waals surface area contributed by atoms with Gasteiger partial charge in [-0.25, -0.2) is 4.79 Å². The summed E-state index contributed by atoms with van der Waals surface area (Å²) >= 11 is 3.19. The van der Waals surface area contributed by atoms with Gasteiger partial charge >= 0.3 is 5.97 Å². The predicted octanol–water partition coefficient (Wildman–Crippen LogP) is 1.37. The summed E-state index contributed by atoms with van der Waals surface area (Å²) in [7, 11) is 1.27. The second kappa shape index (κ2) is 6.39. The fourth-order valence-corrected chi connectivity index (χ4v) is 1.92. The summed E-state index contributed by atoms with van der Waals surface area (Å²) in [4.78, 5) is 22.5. The minimum Gasteiger partial charge on any atom is -0.507 e. The van der Waals surface area contributed by atoms with Crippen molar-refractivity contribution in [3.63, 3.8) is 0 Å². The smallest absolute Gasteiger partial charge is 0.328 e. The molecule has 98 valence electrons. The summed E-state index contributed by atoms with van der Waals surface area (Å²) in [6.07, 6.45) is 0.297. The minimum absolute atomic E-state index is 0.118. The Hall–Kier alpha value is -1.56. The Morgan fingerprint density at radius 1 is 1.50 bits per heavy atom. The number of hydrogen-bond donors (Lipinski definition) is 2. The molecular weight excluding hydrogens is 302 g/mol. The molecule has 1 aromatic rings. The predicted molar refractivity (Wildman–Crippen MR) is 69.1 cm³/mol. The number of methoxy groups -OCH3 is 1. The molecule has 0 radical (unpaired) electrons. The quantitative estimate of drug-likeness (QED) is 0.823. The number of esters is 1. The fourth-order valence-electron chi connectivity index (χ4n) is 1.49. The molecule has 6 heteroatoms. The first-order chi connectivity index (χ1) is 8.43. The van der Waals surface area contributed by atoms with Gasteiger partial charge in [0.25, 0.3) is 0 Å². The molecule has 1 unspecified atom stereocenters. The van der Waals surface area contributed by atoms with Gasteiger partial charge in [-0.1, -0.05) is 6.07 Å². The van der Waals surface area contributed by atoms with Crippen molar-refractivity contribution in [2.45, 2.75) is 19.4 Å². The van der Waals surface area contributed by atoms with E-state index in [0.29, 0.717) is 10.9 Å². The number of amides is 1. The van der Waals surface area contributed by atoms with Crippen LogP contribution in [0.25, 0.3) is 0 Å². The lowest BCUT2D eigenvalue weighted by atomic mass is 10.1. The Kier molecular flexibility index (Phi) is 5.15. The van der Waals surface area contributed by atoms with Crippen LogP contribution in [0.2, 0.25) is 0 Å². The molecule has 5 nitrogen and oxygen atoms in total. The van der Waals surface area contributed by atoms with E-state index in [1.807, 2.05) is 0 Å². The zero-order valence-corrected chi connectivity index (χ0v) is 11.7. The first-order valence-corrected chi connectivity index (χ1v) is 6.05. The number of aromatic hydroxyl groups is 1. The molecule has 0 aliphatic carbocycles. The highest BCUT2D eigenvalue weighted by atomic mass is 79.9. The Balaban J connectivity index is 2.85. The van der Waals surface area contributed by atoms with Gasteiger partial charge in [-0.15, -0.1) is 0 Å². The molecule has 2 N–H and O–H groups in total. The largest absolute Gasteiger partial charge is 0.507 e. The van der Waals surface area contributed by atoms with Crippen molar-refractivity contribution in [1.82, 2.24) is 5.32 Å². The number of halogens is 1. The second-order valence-corrected chi connectivity index (χ2v) is 4.62. The van der Waals surface area contributed by atoms with Crippen LogP contribution in [0.15, 0.2) is 22.7 Å². The van der Waals surface area contributed by atoms with Crippen molar-refractivity contribution in [2.24, 2.45) is 0 Å². The van der Waals surface area contributed by atoms with Gasteiger partial charge in [0, 0.05) is 13.3 Å². The highest BCUT2D eigenvalue weighted by Crippen LogP contribution is 2.24. The van der Waals surface area contributed by atoms with Crippen LogP contribution < -0.4 is 5.32 Å². The van der Waals surface area contributed by atoms with Gasteiger partial charge in [0.05, 0.1) is 11.6 Å². The summed E-state index contributed by atoms with van der Waals surface area (Å²) in [6.45, 7) is 1.34. The molecule has 0 aliphatic heterocycles. The SMILES string of the molecule is COC(=O)C(Cc1ccc(O)c(Br)c1)NC(C)=O. The van der Waals surface area contributed by atoms with Crippen LogP contribution in [0.1, 0.15) is 12.5 Å². The summed E-state index contributed by atoms with van der Waals surface area (Å²) in [5.41, 5.74) is 0.795. The third-order valence-electron chi connectivity index (χ3n) is 2.32. The van der Waals surface area contributed by atoms with E-state index in [-0.39, 0.29) is 11.7 Å². The number of carbonyl (C=O) groups excluding carboxylic acids is 2. The molecule has 0 heterocycles. The Bertz CT molecular complexity index is 461. The number of phenols is 1. The van der Waals surface area contributed by atoms with E-state index in [2.05, 4.69) is 26.0 Å². The average molecular weight is 316 g/mol. The van der Waals surface area contributed by atoms with Crippen LogP contribution in [0.5, 0.6) is 5.75 Å². The van der Waals surface area contributed by atoms with E-state index in [4.69, 9.17) is 0 Å². The number of phenolic OH excluding ortho intramolecular Hbond substituents is 1. The Morgan fingerprint density at radius 2 is 2.17 bits per heavy atom. The summed E-state index contributed by atoms with van der Waals surface area (Å²) in [6, 6.07) is 4.15. The molecule has 0 saturated heterocycles. The lowest BCUT2D eigenvalue weighted by Gasteiger charge is -2.15. The number of hydrogen-bond acceptors (Lipinski definition) is 4. The average Bonchev–Trinajstić information content (AvgIpc) is 2.31. The van der Waals surface area contributed by atoms with Gasteiger partial charge in [-0.05, 0) is 33.6 Å². The molecule has 1 rings (SSSR count). The lowest BCUT2D eigenvalue weighted by Crippen LogP contribution is -2.41. The Labute approximate surface area is 113 Å². The zero-order chi connectivity index (χ0) is 13.7. The van der Waals surface area contributed by atoms with E-state index < -0.39 is 12.0 Å². The molecule has 0 aromatic heterocycles. The van der Waals surface area contributed by atoms with Crippen LogP contribution in [-0.2, 0) is 20.7 Å². The van der Waals surface area contributed by atoms with Crippen molar-refractivity contribution in [3.8, 4) is 5.75 Å². The van der Waals surface area contributed by atoms with Crippen molar-refractivity contribution in [3.05, 3.63) is 28.2 Å². The van der Waals surface area contributed by atoms with Gasteiger partial charge in [0.2, 0.25) is 5.91 Å². The number of rotatable bonds is 4. The highest BCUT2D eigenvalue weighted by Gasteiger charge is 2.20. The molecule has 0 fully saturated rings. The molecule has 0 aliphatic rings. The van der Waals surface area contributed by atoms with E-state index in [1.165, 1.54) is 20.1 Å². The van der Waals surface area contributed by atoms with Crippen molar-refractivity contribution < 1.29 is 19.4 Å².